The monoisotopic (exact) mass is 319 g/mol. The van der Waals surface area contributed by atoms with Gasteiger partial charge in [0.15, 0.2) is 0 Å². The molecule has 2 fully saturated rings. The molecule has 0 aliphatic carbocycles. The number of nitrogen functional groups attached to an aromatic ring is 1. The summed E-state index contributed by atoms with van der Waals surface area (Å²) in [5.74, 6) is -0.226. The molecule has 124 valence electrons. The number of para-hydroxylation sites is 1. The van der Waals surface area contributed by atoms with E-state index in [0.29, 0.717) is 19.7 Å². The zero-order valence-electron chi connectivity index (χ0n) is 13.0. The summed E-state index contributed by atoms with van der Waals surface area (Å²) >= 11 is 0. The van der Waals surface area contributed by atoms with Crippen LogP contribution in [0.5, 0.6) is 0 Å². The van der Waals surface area contributed by atoms with Crippen LogP contribution in [0.1, 0.15) is 36.0 Å². The third kappa shape index (κ3) is 3.01. The van der Waals surface area contributed by atoms with E-state index in [1.54, 1.807) is 11.0 Å². The van der Waals surface area contributed by atoms with Gasteiger partial charge in [-0.1, -0.05) is 6.07 Å². The number of likely N-dealkylation sites (tertiary alicyclic amines) is 1. The molecule has 2 heterocycles. The molecule has 0 radical (unpaired) electrons. The highest BCUT2D eigenvalue weighted by Gasteiger charge is 2.39. The highest BCUT2D eigenvalue weighted by molar-refractivity contribution is 6.01. The number of ether oxygens (including phenoxy) is 1. The summed E-state index contributed by atoms with van der Waals surface area (Å²) in [5, 5.41) is 11.0. The van der Waals surface area contributed by atoms with Crippen LogP contribution in [-0.2, 0) is 4.74 Å². The van der Waals surface area contributed by atoms with E-state index in [1.807, 2.05) is 0 Å². The summed E-state index contributed by atoms with van der Waals surface area (Å²) in [6, 6.07) is 4.38. The number of amides is 1. The fourth-order valence-corrected chi connectivity index (χ4v) is 3.68. The van der Waals surface area contributed by atoms with Crippen LogP contribution in [0.25, 0.3) is 0 Å². The van der Waals surface area contributed by atoms with Crippen molar-refractivity contribution in [1.82, 2.24) is 4.90 Å². The number of anilines is 1. The molecule has 1 spiro atoms. The van der Waals surface area contributed by atoms with E-state index in [-0.39, 0.29) is 28.3 Å². The van der Waals surface area contributed by atoms with Gasteiger partial charge in [0, 0.05) is 31.2 Å². The molecule has 2 N–H and O–H groups in total. The smallest absolute Gasteiger partial charge is 0.292 e. The van der Waals surface area contributed by atoms with Crippen molar-refractivity contribution >= 4 is 17.3 Å². The molecular weight excluding hydrogens is 298 g/mol. The van der Waals surface area contributed by atoms with Gasteiger partial charge < -0.3 is 15.4 Å². The maximum atomic E-state index is 12.8. The molecular formula is C16H21N3O4. The van der Waals surface area contributed by atoms with Gasteiger partial charge in [-0.25, -0.2) is 0 Å². The Bertz CT molecular complexity index is 620. The predicted molar refractivity (Wildman–Crippen MR) is 85.1 cm³/mol. The molecule has 1 aromatic rings. The van der Waals surface area contributed by atoms with Gasteiger partial charge in [-0.15, -0.1) is 0 Å². The quantitative estimate of drug-likeness (QED) is 0.512. The largest absolute Gasteiger partial charge is 0.393 e. The third-order valence-corrected chi connectivity index (χ3v) is 4.86. The summed E-state index contributed by atoms with van der Waals surface area (Å²) < 4.78 is 5.62. The fraction of sp³-hybridized carbons (Fsp3) is 0.562. The van der Waals surface area contributed by atoms with Crippen LogP contribution in [-0.4, -0.2) is 42.0 Å². The maximum absolute atomic E-state index is 12.8. The van der Waals surface area contributed by atoms with Gasteiger partial charge in [0.05, 0.1) is 17.1 Å². The Labute approximate surface area is 134 Å². The van der Waals surface area contributed by atoms with Crippen LogP contribution in [0.2, 0.25) is 0 Å². The zero-order chi connectivity index (χ0) is 16.4. The van der Waals surface area contributed by atoms with Crippen molar-refractivity contribution in [3.63, 3.8) is 0 Å². The minimum Gasteiger partial charge on any atom is -0.393 e. The number of benzene rings is 1. The molecule has 7 heteroatoms. The first-order valence-electron chi connectivity index (χ1n) is 7.92. The molecule has 1 atom stereocenters. The summed E-state index contributed by atoms with van der Waals surface area (Å²) in [6.07, 6.45) is 4.05. The van der Waals surface area contributed by atoms with E-state index in [2.05, 4.69) is 0 Å². The first kappa shape index (κ1) is 15.7. The minimum absolute atomic E-state index is 0.0294. The highest BCUT2D eigenvalue weighted by Crippen LogP contribution is 2.38. The van der Waals surface area contributed by atoms with Gasteiger partial charge in [0.25, 0.3) is 11.6 Å². The van der Waals surface area contributed by atoms with Crippen molar-refractivity contribution in [2.45, 2.75) is 25.7 Å². The van der Waals surface area contributed by atoms with E-state index >= 15 is 0 Å². The van der Waals surface area contributed by atoms with E-state index in [1.165, 1.54) is 12.1 Å². The van der Waals surface area contributed by atoms with E-state index < -0.39 is 4.92 Å². The van der Waals surface area contributed by atoms with Crippen molar-refractivity contribution in [3.8, 4) is 0 Å². The number of carbonyl (C=O) groups excluding carboxylic acids is 1. The minimum atomic E-state index is -0.557. The van der Waals surface area contributed by atoms with Crippen LogP contribution < -0.4 is 5.73 Å². The molecule has 0 bridgehead atoms. The lowest BCUT2D eigenvalue weighted by Gasteiger charge is -2.44. The number of nitro groups is 1. The number of nitrogens with zero attached hydrogens (tertiary/aromatic N) is 2. The van der Waals surface area contributed by atoms with Gasteiger partial charge in [0.1, 0.15) is 5.69 Å². The number of rotatable bonds is 2. The Morgan fingerprint density at radius 2 is 2.13 bits per heavy atom. The molecule has 23 heavy (non-hydrogen) atoms. The highest BCUT2D eigenvalue weighted by atomic mass is 16.6. The second kappa shape index (κ2) is 6.16. The summed E-state index contributed by atoms with van der Waals surface area (Å²) in [4.78, 5) is 25.0. The molecule has 3 rings (SSSR count). The Kier molecular flexibility index (Phi) is 4.21. The molecule has 2 aliphatic rings. The Balaban J connectivity index is 1.83. The van der Waals surface area contributed by atoms with Gasteiger partial charge in [0.2, 0.25) is 0 Å². The summed E-state index contributed by atoms with van der Waals surface area (Å²) in [7, 11) is 0. The number of hydrogen-bond donors (Lipinski definition) is 1. The summed E-state index contributed by atoms with van der Waals surface area (Å²) in [6.45, 7) is 2.76. The number of piperidine rings is 1. The van der Waals surface area contributed by atoms with E-state index in [4.69, 9.17) is 10.5 Å². The van der Waals surface area contributed by atoms with Gasteiger partial charge in [-0.2, -0.15) is 0 Å². The molecule has 0 unspecified atom stereocenters. The van der Waals surface area contributed by atoms with Crippen molar-refractivity contribution in [3.05, 3.63) is 33.9 Å². The van der Waals surface area contributed by atoms with Gasteiger partial charge in [-0.05, 0) is 31.7 Å². The first-order valence-corrected chi connectivity index (χ1v) is 7.92. The molecule has 7 nitrogen and oxygen atoms in total. The molecule has 0 aromatic heterocycles. The van der Waals surface area contributed by atoms with Crippen molar-refractivity contribution < 1.29 is 14.5 Å². The van der Waals surface area contributed by atoms with Crippen LogP contribution in [0.3, 0.4) is 0 Å². The second-order valence-electron chi connectivity index (χ2n) is 6.48. The lowest BCUT2D eigenvalue weighted by molar-refractivity contribution is -0.383. The normalized spacial score (nSPS) is 24.6. The standard InChI is InChI=1S/C16H21N3O4/c17-14-12(4-1-5-13(14)19(21)22)15(20)18-8-2-6-16(10-18)7-3-9-23-11-16/h1,4-5H,2-3,6-11,17H2/t16-/m1/s1. The number of carbonyl (C=O) groups is 1. The third-order valence-electron chi connectivity index (χ3n) is 4.86. The lowest BCUT2D eigenvalue weighted by Crippen LogP contribution is -2.49. The van der Waals surface area contributed by atoms with E-state index in [0.717, 1.165) is 32.3 Å². The predicted octanol–water partition coefficient (Wildman–Crippen LogP) is 2.21. The van der Waals surface area contributed by atoms with Gasteiger partial charge in [-0.3, -0.25) is 14.9 Å². The number of nitro benzene ring substituents is 1. The zero-order valence-corrected chi connectivity index (χ0v) is 13.0. The molecule has 2 saturated heterocycles. The molecule has 2 aliphatic heterocycles. The second-order valence-corrected chi connectivity index (χ2v) is 6.48. The van der Waals surface area contributed by atoms with Crippen LogP contribution >= 0.6 is 0 Å². The molecule has 1 amide bonds. The topological polar surface area (TPSA) is 98.7 Å². The Morgan fingerprint density at radius 1 is 1.35 bits per heavy atom. The number of nitrogens with two attached hydrogens (primary N) is 1. The van der Waals surface area contributed by atoms with Gasteiger partial charge >= 0.3 is 0 Å². The summed E-state index contributed by atoms with van der Waals surface area (Å²) in [5.41, 5.74) is 5.82. The van der Waals surface area contributed by atoms with Crippen molar-refractivity contribution in [2.24, 2.45) is 5.41 Å². The SMILES string of the molecule is Nc1c(C(=O)N2CCC[C@@]3(CCCOC3)C2)cccc1[N+](=O)[O-]. The van der Waals surface area contributed by atoms with Crippen LogP contribution in [0, 0.1) is 15.5 Å². The van der Waals surface area contributed by atoms with Crippen molar-refractivity contribution in [1.29, 1.82) is 0 Å². The number of hydrogen-bond acceptors (Lipinski definition) is 5. The molecule has 1 aromatic carbocycles. The van der Waals surface area contributed by atoms with E-state index in [9.17, 15) is 14.9 Å². The van der Waals surface area contributed by atoms with Crippen LogP contribution in [0.4, 0.5) is 11.4 Å². The average molecular weight is 319 g/mol. The first-order chi connectivity index (χ1) is 11.0. The fourth-order valence-electron chi connectivity index (χ4n) is 3.68. The van der Waals surface area contributed by atoms with Crippen molar-refractivity contribution in [2.75, 3.05) is 32.0 Å². The van der Waals surface area contributed by atoms with Crippen LogP contribution in [0.15, 0.2) is 18.2 Å². The molecule has 0 saturated carbocycles. The average Bonchev–Trinajstić information content (AvgIpc) is 2.55. The lowest BCUT2D eigenvalue weighted by atomic mass is 9.75. The maximum Gasteiger partial charge on any atom is 0.292 e. The Morgan fingerprint density at radius 3 is 2.83 bits per heavy atom. The Hall–Kier alpha value is -2.15.